The molecule has 3 rings (SSSR count). The Labute approximate surface area is 112 Å². The highest BCUT2D eigenvalue weighted by Crippen LogP contribution is 2.18. The number of ether oxygens (including phenoxy) is 1. The first-order valence-corrected chi connectivity index (χ1v) is 6.97. The van der Waals surface area contributed by atoms with Crippen LogP contribution in [0.2, 0.25) is 0 Å². The first-order valence-electron chi connectivity index (χ1n) is 6.97. The van der Waals surface area contributed by atoms with Crippen LogP contribution < -0.4 is 10.6 Å². The van der Waals surface area contributed by atoms with Gasteiger partial charge in [0.25, 0.3) is 0 Å². The second kappa shape index (κ2) is 5.71. The van der Waals surface area contributed by atoms with Gasteiger partial charge in [-0.05, 0) is 25.8 Å². The number of amides is 1. The number of carbonyl (C=O) groups excluding carboxylic acids is 1. The van der Waals surface area contributed by atoms with Crippen LogP contribution in [0.5, 0.6) is 0 Å². The zero-order valence-electron chi connectivity index (χ0n) is 11.0. The third-order valence-electron chi connectivity index (χ3n) is 3.80. The van der Waals surface area contributed by atoms with E-state index in [1.807, 2.05) is 16.9 Å². The molecule has 0 spiro atoms. The Morgan fingerprint density at radius 2 is 2.47 bits per heavy atom. The maximum absolute atomic E-state index is 12.0. The van der Waals surface area contributed by atoms with Crippen molar-refractivity contribution < 1.29 is 9.53 Å². The van der Waals surface area contributed by atoms with Crippen LogP contribution in [0.1, 0.15) is 25.3 Å². The fourth-order valence-electron chi connectivity index (χ4n) is 2.65. The summed E-state index contributed by atoms with van der Waals surface area (Å²) in [5.41, 5.74) is 0. The fraction of sp³-hybridized carbons (Fsp3) is 0.692. The molecule has 6 heteroatoms. The molecular formula is C13H20N4O2. The predicted octanol–water partition coefficient (Wildman–Crippen LogP) is 0.783. The quantitative estimate of drug-likeness (QED) is 0.846. The monoisotopic (exact) mass is 264 g/mol. The van der Waals surface area contributed by atoms with Crippen LogP contribution in [0.25, 0.3) is 0 Å². The lowest BCUT2D eigenvalue weighted by Crippen LogP contribution is -2.30. The third-order valence-corrected chi connectivity index (χ3v) is 3.80. The number of anilines is 1. The molecule has 1 aromatic heterocycles. The van der Waals surface area contributed by atoms with Gasteiger partial charge in [0.05, 0.1) is 18.6 Å². The molecule has 0 aliphatic carbocycles. The summed E-state index contributed by atoms with van der Waals surface area (Å²) in [6.07, 6.45) is 4.88. The van der Waals surface area contributed by atoms with Gasteiger partial charge in [-0.1, -0.05) is 0 Å². The summed E-state index contributed by atoms with van der Waals surface area (Å²) < 4.78 is 7.27. The molecule has 1 amide bonds. The maximum Gasteiger partial charge on any atom is 0.231 e. The molecule has 1 aromatic rings. The molecule has 2 aliphatic rings. The number of hydrogen-bond donors (Lipinski definition) is 2. The van der Waals surface area contributed by atoms with E-state index in [9.17, 15) is 4.79 Å². The normalized spacial score (nSPS) is 27.4. The summed E-state index contributed by atoms with van der Waals surface area (Å²) in [4.78, 5) is 12.0. The standard InChI is InChI=1S/C13H20N4O2/c18-13(10-2-1-7-19-9-10)15-12-4-6-17(16-12)11-3-5-14-8-11/h4,6,10-11,14H,1-3,5,7-9H2,(H,15,16,18). The number of hydrogen-bond acceptors (Lipinski definition) is 4. The molecular weight excluding hydrogens is 244 g/mol. The molecule has 2 saturated heterocycles. The van der Waals surface area contributed by atoms with Gasteiger partial charge in [-0.3, -0.25) is 9.48 Å². The number of nitrogens with zero attached hydrogens (tertiary/aromatic N) is 2. The molecule has 0 saturated carbocycles. The van der Waals surface area contributed by atoms with Crippen LogP contribution in [0.4, 0.5) is 5.82 Å². The van der Waals surface area contributed by atoms with Gasteiger partial charge < -0.3 is 15.4 Å². The molecule has 19 heavy (non-hydrogen) atoms. The molecule has 3 heterocycles. The van der Waals surface area contributed by atoms with Gasteiger partial charge in [0.15, 0.2) is 5.82 Å². The molecule has 2 N–H and O–H groups in total. The van der Waals surface area contributed by atoms with Crippen molar-refractivity contribution >= 4 is 11.7 Å². The largest absolute Gasteiger partial charge is 0.381 e. The summed E-state index contributed by atoms with van der Waals surface area (Å²) >= 11 is 0. The van der Waals surface area contributed by atoms with E-state index in [2.05, 4.69) is 15.7 Å². The van der Waals surface area contributed by atoms with Gasteiger partial charge in [0.1, 0.15) is 0 Å². The average molecular weight is 264 g/mol. The summed E-state index contributed by atoms with van der Waals surface area (Å²) in [6.45, 7) is 3.28. The molecule has 0 bridgehead atoms. The Kier molecular flexibility index (Phi) is 3.79. The number of nitrogens with one attached hydrogen (secondary N) is 2. The lowest BCUT2D eigenvalue weighted by atomic mass is 10.0. The van der Waals surface area contributed by atoms with Crippen LogP contribution in [-0.2, 0) is 9.53 Å². The minimum Gasteiger partial charge on any atom is -0.381 e. The average Bonchev–Trinajstić information content (AvgIpc) is 3.10. The van der Waals surface area contributed by atoms with E-state index in [4.69, 9.17) is 4.74 Å². The van der Waals surface area contributed by atoms with E-state index in [0.29, 0.717) is 18.5 Å². The first-order chi connectivity index (χ1) is 9.33. The number of rotatable bonds is 3. The van der Waals surface area contributed by atoms with Gasteiger partial charge >= 0.3 is 0 Å². The minimum absolute atomic E-state index is 0.0227. The van der Waals surface area contributed by atoms with E-state index in [1.165, 1.54) is 0 Å². The maximum atomic E-state index is 12.0. The van der Waals surface area contributed by atoms with Crippen molar-refractivity contribution in [3.05, 3.63) is 12.3 Å². The van der Waals surface area contributed by atoms with E-state index in [0.717, 1.165) is 39.0 Å². The lowest BCUT2D eigenvalue weighted by molar-refractivity contribution is -0.123. The van der Waals surface area contributed by atoms with E-state index < -0.39 is 0 Å². The van der Waals surface area contributed by atoms with Crippen molar-refractivity contribution in [1.82, 2.24) is 15.1 Å². The molecule has 104 valence electrons. The van der Waals surface area contributed by atoms with Gasteiger partial charge in [-0.15, -0.1) is 0 Å². The molecule has 0 aromatic carbocycles. The highest BCUT2D eigenvalue weighted by molar-refractivity contribution is 5.91. The second-order valence-electron chi connectivity index (χ2n) is 5.23. The Morgan fingerprint density at radius 1 is 1.53 bits per heavy atom. The minimum atomic E-state index is -0.0351. The van der Waals surface area contributed by atoms with Gasteiger partial charge in [0, 0.05) is 25.4 Å². The summed E-state index contributed by atoms with van der Waals surface area (Å²) in [7, 11) is 0. The van der Waals surface area contributed by atoms with Crippen molar-refractivity contribution in [2.75, 3.05) is 31.6 Å². The zero-order chi connectivity index (χ0) is 13.1. The Hall–Kier alpha value is -1.40. The highest BCUT2D eigenvalue weighted by Gasteiger charge is 2.23. The number of carbonyl (C=O) groups is 1. The lowest BCUT2D eigenvalue weighted by Gasteiger charge is -2.20. The summed E-state index contributed by atoms with van der Waals surface area (Å²) in [6, 6.07) is 2.27. The third kappa shape index (κ3) is 2.96. The van der Waals surface area contributed by atoms with Crippen molar-refractivity contribution in [3.8, 4) is 0 Å². The van der Waals surface area contributed by atoms with E-state index in [-0.39, 0.29) is 11.8 Å². The van der Waals surface area contributed by atoms with Crippen LogP contribution in [0, 0.1) is 5.92 Å². The van der Waals surface area contributed by atoms with Crippen LogP contribution >= 0.6 is 0 Å². The van der Waals surface area contributed by atoms with Crippen molar-refractivity contribution in [1.29, 1.82) is 0 Å². The Bertz CT molecular complexity index is 434. The van der Waals surface area contributed by atoms with Crippen LogP contribution in [-0.4, -0.2) is 42.0 Å². The molecule has 0 radical (unpaired) electrons. The van der Waals surface area contributed by atoms with E-state index >= 15 is 0 Å². The molecule has 2 atom stereocenters. The van der Waals surface area contributed by atoms with Crippen molar-refractivity contribution in [3.63, 3.8) is 0 Å². The Morgan fingerprint density at radius 3 is 3.21 bits per heavy atom. The Balaban J connectivity index is 1.58. The number of aromatic nitrogens is 2. The van der Waals surface area contributed by atoms with Crippen LogP contribution in [0.3, 0.4) is 0 Å². The fourth-order valence-corrected chi connectivity index (χ4v) is 2.65. The summed E-state index contributed by atoms with van der Waals surface area (Å²) in [5.74, 6) is 0.629. The van der Waals surface area contributed by atoms with Gasteiger partial charge in [-0.25, -0.2) is 0 Å². The first kappa shape index (κ1) is 12.6. The predicted molar refractivity (Wildman–Crippen MR) is 70.9 cm³/mol. The molecule has 2 aliphatic heterocycles. The van der Waals surface area contributed by atoms with E-state index in [1.54, 1.807) is 0 Å². The van der Waals surface area contributed by atoms with Crippen LogP contribution in [0.15, 0.2) is 12.3 Å². The highest BCUT2D eigenvalue weighted by atomic mass is 16.5. The van der Waals surface area contributed by atoms with Gasteiger partial charge in [-0.2, -0.15) is 5.10 Å². The summed E-state index contributed by atoms with van der Waals surface area (Å²) in [5, 5.41) is 10.6. The zero-order valence-corrected chi connectivity index (χ0v) is 11.0. The SMILES string of the molecule is O=C(Nc1ccn(C2CCNC2)n1)C1CCCOC1. The second-order valence-corrected chi connectivity index (χ2v) is 5.23. The topological polar surface area (TPSA) is 68.2 Å². The van der Waals surface area contributed by atoms with Gasteiger partial charge in [0.2, 0.25) is 5.91 Å². The van der Waals surface area contributed by atoms with Crippen molar-refractivity contribution in [2.24, 2.45) is 5.92 Å². The van der Waals surface area contributed by atoms with Crippen molar-refractivity contribution in [2.45, 2.75) is 25.3 Å². The molecule has 2 fully saturated rings. The molecule has 6 nitrogen and oxygen atoms in total. The smallest absolute Gasteiger partial charge is 0.231 e. The molecule has 2 unspecified atom stereocenters.